The topological polar surface area (TPSA) is 70.7 Å². The lowest BCUT2D eigenvalue weighted by molar-refractivity contribution is 0.393. The van der Waals surface area contributed by atoms with Gasteiger partial charge in [0, 0.05) is 6.07 Å². The molecule has 24 heavy (non-hydrogen) atoms. The Balaban J connectivity index is 2.15. The van der Waals surface area contributed by atoms with Crippen molar-refractivity contribution < 1.29 is 9.47 Å². The first-order valence-corrected chi connectivity index (χ1v) is 7.30. The third-order valence-electron chi connectivity index (χ3n) is 3.95. The van der Waals surface area contributed by atoms with Gasteiger partial charge in [0.15, 0.2) is 0 Å². The molecule has 2 heterocycles. The molecule has 0 fully saturated rings. The number of rotatable bonds is 3. The third-order valence-corrected chi connectivity index (χ3v) is 3.95. The van der Waals surface area contributed by atoms with E-state index in [1.54, 1.807) is 49.2 Å². The highest BCUT2D eigenvalue weighted by Gasteiger charge is 2.17. The maximum atomic E-state index is 13.1. The predicted octanol–water partition coefficient (Wildman–Crippen LogP) is 2.05. The predicted molar refractivity (Wildman–Crippen MR) is 89.2 cm³/mol. The number of methoxy groups -OCH3 is 2. The molecule has 0 aliphatic rings. The summed E-state index contributed by atoms with van der Waals surface area (Å²) < 4.78 is 13.9. The average Bonchev–Trinajstić information content (AvgIpc) is 3.11. The SMILES string of the molecule is COc1ccc(-n2c(=O)c3ccccc3n3cnnc23)c(OC)c1. The van der Waals surface area contributed by atoms with Crippen molar-refractivity contribution in [3.05, 3.63) is 59.1 Å². The van der Waals surface area contributed by atoms with Crippen LogP contribution in [0.25, 0.3) is 22.4 Å². The molecular formula is C17H14N4O3. The van der Waals surface area contributed by atoms with E-state index in [9.17, 15) is 4.79 Å². The zero-order valence-electron chi connectivity index (χ0n) is 13.1. The second kappa shape index (κ2) is 5.38. The number of hydrogen-bond acceptors (Lipinski definition) is 5. The lowest BCUT2D eigenvalue weighted by Crippen LogP contribution is -2.22. The van der Waals surface area contributed by atoms with Crippen molar-refractivity contribution in [2.24, 2.45) is 0 Å². The first-order chi connectivity index (χ1) is 11.7. The molecule has 4 aromatic rings. The van der Waals surface area contributed by atoms with E-state index in [2.05, 4.69) is 10.2 Å². The van der Waals surface area contributed by atoms with E-state index in [1.807, 2.05) is 18.2 Å². The van der Waals surface area contributed by atoms with Crippen molar-refractivity contribution >= 4 is 16.7 Å². The van der Waals surface area contributed by atoms with Gasteiger partial charge >= 0.3 is 0 Å². The summed E-state index contributed by atoms with van der Waals surface area (Å²) in [4.78, 5) is 13.1. The van der Waals surface area contributed by atoms with Crippen LogP contribution in [-0.2, 0) is 0 Å². The van der Waals surface area contributed by atoms with Crippen LogP contribution in [0.5, 0.6) is 11.5 Å². The van der Waals surface area contributed by atoms with Crippen LogP contribution in [0.15, 0.2) is 53.6 Å². The van der Waals surface area contributed by atoms with Crippen LogP contribution in [0.1, 0.15) is 0 Å². The molecule has 0 amide bonds. The van der Waals surface area contributed by atoms with Crippen molar-refractivity contribution in [1.82, 2.24) is 19.2 Å². The number of aromatic nitrogens is 4. The lowest BCUT2D eigenvalue weighted by atomic mass is 10.2. The van der Waals surface area contributed by atoms with Crippen LogP contribution in [0.4, 0.5) is 0 Å². The number of fused-ring (bicyclic) bond motifs is 3. The van der Waals surface area contributed by atoms with Crippen LogP contribution in [0.2, 0.25) is 0 Å². The van der Waals surface area contributed by atoms with Crippen molar-refractivity contribution in [2.75, 3.05) is 14.2 Å². The van der Waals surface area contributed by atoms with Gasteiger partial charge in [-0.25, -0.2) is 4.57 Å². The lowest BCUT2D eigenvalue weighted by Gasteiger charge is -2.14. The van der Waals surface area contributed by atoms with Crippen LogP contribution >= 0.6 is 0 Å². The van der Waals surface area contributed by atoms with Gasteiger partial charge in [-0.15, -0.1) is 10.2 Å². The Morgan fingerprint density at radius 1 is 1.04 bits per heavy atom. The summed E-state index contributed by atoms with van der Waals surface area (Å²) in [6.07, 6.45) is 1.59. The fourth-order valence-corrected chi connectivity index (χ4v) is 2.81. The molecule has 0 saturated carbocycles. The van der Waals surface area contributed by atoms with Crippen molar-refractivity contribution in [1.29, 1.82) is 0 Å². The minimum atomic E-state index is -0.186. The Bertz CT molecular complexity index is 1110. The van der Waals surface area contributed by atoms with Crippen LogP contribution in [0, 0.1) is 0 Å². The fourth-order valence-electron chi connectivity index (χ4n) is 2.81. The molecule has 0 spiro atoms. The second-order valence-corrected chi connectivity index (χ2v) is 5.20. The smallest absolute Gasteiger partial charge is 0.267 e. The number of para-hydroxylation sites is 1. The summed E-state index contributed by atoms with van der Waals surface area (Å²) in [6, 6.07) is 12.6. The van der Waals surface area contributed by atoms with Gasteiger partial charge in [0.1, 0.15) is 17.8 Å². The molecule has 7 heteroatoms. The summed E-state index contributed by atoms with van der Waals surface area (Å²) >= 11 is 0. The van der Waals surface area contributed by atoms with E-state index >= 15 is 0 Å². The molecule has 2 aromatic heterocycles. The molecule has 0 atom stereocenters. The van der Waals surface area contributed by atoms with Gasteiger partial charge < -0.3 is 9.47 Å². The van der Waals surface area contributed by atoms with Gasteiger partial charge in [-0.1, -0.05) is 12.1 Å². The van der Waals surface area contributed by atoms with Gasteiger partial charge in [0.25, 0.3) is 5.56 Å². The van der Waals surface area contributed by atoms with E-state index in [-0.39, 0.29) is 5.56 Å². The normalized spacial score (nSPS) is 11.1. The first kappa shape index (κ1) is 14.3. The standard InChI is InChI=1S/C17H14N4O3/c1-23-11-7-8-14(15(9-11)24-2)21-16(22)12-5-3-4-6-13(12)20-10-18-19-17(20)21/h3-10H,1-2H3. The molecule has 0 aliphatic heterocycles. The monoisotopic (exact) mass is 322 g/mol. The molecule has 0 radical (unpaired) electrons. The van der Waals surface area contributed by atoms with Gasteiger partial charge in [0.05, 0.1) is 30.8 Å². The molecule has 4 rings (SSSR count). The quantitative estimate of drug-likeness (QED) is 0.577. The zero-order chi connectivity index (χ0) is 16.7. The van der Waals surface area contributed by atoms with Gasteiger partial charge in [-0.3, -0.25) is 9.20 Å². The second-order valence-electron chi connectivity index (χ2n) is 5.20. The zero-order valence-corrected chi connectivity index (χ0v) is 13.1. The largest absolute Gasteiger partial charge is 0.497 e. The maximum absolute atomic E-state index is 13.1. The summed E-state index contributed by atoms with van der Waals surface area (Å²) in [5, 5.41) is 8.64. The minimum absolute atomic E-state index is 0.186. The van der Waals surface area contributed by atoms with Gasteiger partial charge in [0.2, 0.25) is 5.78 Å². The van der Waals surface area contributed by atoms with E-state index in [0.29, 0.717) is 28.4 Å². The number of ether oxygens (including phenoxy) is 2. The highest BCUT2D eigenvalue weighted by molar-refractivity contribution is 5.81. The Morgan fingerprint density at radius 2 is 1.88 bits per heavy atom. The molecule has 120 valence electrons. The summed E-state index contributed by atoms with van der Waals surface area (Å²) in [6.45, 7) is 0. The van der Waals surface area contributed by atoms with Gasteiger partial charge in [-0.2, -0.15) is 0 Å². The molecule has 0 N–H and O–H groups in total. The fraction of sp³-hybridized carbons (Fsp3) is 0.118. The Kier molecular flexibility index (Phi) is 3.19. The van der Waals surface area contributed by atoms with E-state index in [0.717, 1.165) is 5.52 Å². The van der Waals surface area contributed by atoms with Crippen molar-refractivity contribution in [3.8, 4) is 17.2 Å². The Labute approximate surface area is 136 Å². The summed E-state index contributed by atoms with van der Waals surface area (Å²) in [5.41, 5.74) is 1.15. The first-order valence-electron chi connectivity index (χ1n) is 7.30. The third kappa shape index (κ3) is 1.95. The molecular weight excluding hydrogens is 308 g/mol. The summed E-state index contributed by atoms with van der Waals surface area (Å²) in [5.74, 6) is 1.57. The Morgan fingerprint density at radius 3 is 2.67 bits per heavy atom. The maximum Gasteiger partial charge on any atom is 0.267 e. The average molecular weight is 322 g/mol. The molecule has 0 unspecified atom stereocenters. The van der Waals surface area contributed by atoms with Crippen molar-refractivity contribution in [3.63, 3.8) is 0 Å². The molecule has 2 aromatic carbocycles. The molecule has 0 bridgehead atoms. The van der Waals surface area contributed by atoms with Gasteiger partial charge in [-0.05, 0) is 24.3 Å². The number of benzene rings is 2. The molecule has 7 nitrogen and oxygen atoms in total. The number of nitrogens with zero attached hydrogens (tertiary/aromatic N) is 4. The van der Waals surface area contributed by atoms with E-state index in [1.165, 1.54) is 4.57 Å². The summed E-state index contributed by atoms with van der Waals surface area (Å²) in [7, 11) is 3.12. The van der Waals surface area contributed by atoms with Crippen LogP contribution < -0.4 is 15.0 Å². The number of hydrogen-bond donors (Lipinski definition) is 0. The van der Waals surface area contributed by atoms with Crippen molar-refractivity contribution in [2.45, 2.75) is 0 Å². The van der Waals surface area contributed by atoms with E-state index < -0.39 is 0 Å². The Hall–Kier alpha value is -3.35. The molecule has 0 aliphatic carbocycles. The highest BCUT2D eigenvalue weighted by atomic mass is 16.5. The van der Waals surface area contributed by atoms with E-state index in [4.69, 9.17) is 9.47 Å². The van der Waals surface area contributed by atoms with Crippen LogP contribution in [0.3, 0.4) is 0 Å². The molecule has 0 saturated heterocycles. The van der Waals surface area contributed by atoms with Crippen LogP contribution in [-0.4, -0.2) is 33.4 Å². The minimum Gasteiger partial charge on any atom is -0.497 e. The highest BCUT2D eigenvalue weighted by Crippen LogP contribution is 2.28.